The van der Waals surface area contributed by atoms with E-state index in [4.69, 9.17) is 0 Å². The van der Waals surface area contributed by atoms with E-state index in [0.29, 0.717) is 18.0 Å². The third-order valence-electron chi connectivity index (χ3n) is 6.08. The van der Waals surface area contributed by atoms with Gasteiger partial charge in [0.2, 0.25) is 5.91 Å². The Morgan fingerprint density at radius 1 is 1.14 bits per heavy atom. The van der Waals surface area contributed by atoms with Crippen molar-refractivity contribution in [3.05, 3.63) is 47.0 Å². The Kier molecular flexibility index (Phi) is 5.44. The highest BCUT2D eigenvalue weighted by Crippen LogP contribution is 2.52. The van der Waals surface area contributed by atoms with E-state index >= 15 is 0 Å². The van der Waals surface area contributed by atoms with E-state index in [9.17, 15) is 9.59 Å². The number of carbonyl (C=O) groups excluding carboxylic acids is 2. The van der Waals surface area contributed by atoms with Crippen LogP contribution in [0.4, 0.5) is 0 Å². The number of hydrogen-bond donors (Lipinski definition) is 0. The summed E-state index contributed by atoms with van der Waals surface area (Å²) in [6.07, 6.45) is 5.04. The summed E-state index contributed by atoms with van der Waals surface area (Å²) in [6, 6.07) is 8.11. The molecule has 0 radical (unpaired) electrons. The summed E-state index contributed by atoms with van der Waals surface area (Å²) in [7, 11) is 1.80. The van der Waals surface area contributed by atoms with Crippen LogP contribution in [0.25, 0.3) is 0 Å². The summed E-state index contributed by atoms with van der Waals surface area (Å²) < 4.78 is 0. The number of nitrogens with zero attached hydrogens (tertiary/aromatic N) is 2. The van der Waals surface area contributed by atoms with Crippen LogP contribution >= 0.6 is 0 Å². The van der Waals surface area contributed by atoms with Gasteiger partial charge in [0.25, 0.3) is 5.91 Å². The molecule has 1 saturated heterocycles. The van der Waals surface area contributed by atoms with E-state index in [-0.39, 0.29) is 17.2 Å². The molecular weight excluding hydrogens is 348 g/mol. The van der Waals surface area contributed by atoms with Crippen LogP contribution in [0.3, 0.4) is 0 Å². The molecule has 1 heterocycles. The number of benzene rings is 1. The summed E-state index contributed by atoms with van der Waals surface area (Å²) in [5.74, 6) is 0.146. The minimum absolute atomic E-state index is 0.000327. The second kappa shape index (κ2) is 7.38. The molecule has 1 aliphatic heterocycles. The Balaban J connectivity index is 1.68. The topological polar surface area (TPSA) is 40.6 Å². The van der Waals surface area contributed by atoms with Crippen molar-refractivity contribution in [1.29, 1.82) is 0 Å². The fraction of sp³-hybridized carbons (Fsp3) is 0.583. The van der Waals surface area contributed by atoms with Gasteiger partial charge in [-0.05, 0) is 61.6 Å². The second-order valence-electron chi connectivity index (χ2n) is 10.3. The lowest BCUT2D eigenvalue weighted by molar-refractivity contribution is -0.125. The molecule has 0 aromatic heterocycles. The standard InChI is InChI=1S/C24H34N2O2/c1-17(2)11-21(27)25(6)14-18-7-9-19(10-8-18)22(28)26-16-24(5)13-20(26)12-23(3,4)15-24/h7-11,20H,12-16H2,1-6H3/t20-,24?/m1/s1. The number of likely N-dealkylation sites (tertiary alicyclic amines) is 1. The fourth-order valence-electron chi connectivity index (χ4n) is 5.32. The number of rotatable bonds is 4. The zero-order valence-electron chi connectivity index (χ0n) is 18.2. The van der Waals surface area contributed by atoms with Crippen LogP contribution in [0.15, 0.2) is 35.9 Å². The molecule has 0 N–H and O–H groups in total. The molecule has 28 heavy (non-hydrogen) atoms. The summed E-state index contributed by atoms with van der Waals surface area (Å²) >= 11 is 0. The molecule has 1 aromatic carbocycles. The van der Waals surface area contributed by atoms with Gasteiger partial charge in [-0.25, -0.2) is 0 Å². The van der Waals surface area contributed by atoms with Crippen molar-refractivity contribution in [2.75, 3.05) is 13.6 Å². The van der Waals surface area contributed by atoms with Gasteiger partial charge in [-0.15, -0.1) is 0 Å². The highest BCUT2D eigenvalue weighted by molar-refractivity contribution is 5.94. The number of allylic oxidation sites excluding steroid dienone is 1. The Morgan fingerprint density at radius 3 is 2.39 bits per heavy atom. The molecule has 1 unspecified atom stereocenters. The third-order valence-corrected chi connectivity index (χ3v) is 6.08. The van der Waals surface area contributed by atoms with Crippen molar-refractivity contribution in [2.24, 2.45) is 10.8 Å². The van der Waals surface area contributed by atoms with Crippen molar-refractivity contribution in [2.45, 2.75) is 66.5 Å². The summed E-state index contributed by atoms with van der Waals surface area (Å²) in [6.45, 7) is 12.2. The first-order valence-corrected chi connectivity index (χ1v) is 10.3. The molecule has 2 amide bonds. The minimum atomic E-state index is 0.000327. The van der Waals surface area contributed by atoms with Gasteiger partial charge in [0.15, 0.2) is 0 Å². The fourth-order valence-corrected chi connectivity index (χ4v) is 5.32. The molecule has 4 heteroatoms. The van der Waals surface area contributed by atoms with Crippen LogP contribution in [0.1, 0.15) is 69.8 Å². The number of carbonyl (C=O) groups is 2. The summed E-state index contributed by atoms with van der Waals surface area (Å²) in [5, 5.41) is 0. The minimum Gasteiger partial charge on any atom is -0.338 e. The number of hydrogen-bond acceptors (Lipinski definition) is 2. The van der Waals surface area contributed by atoms with E-state index < -0.39 is 0 Å². The Hall–Kier alpha value is -2.10. The molecule has 2 bridgehead atoms. The summed E-state index contributed by atoms with van der Waals surface area (Å²) in [4.78, 5) is 29.0. The maximum atomic E-state index is 13.2. The first-order valence-electron chi connectivity index (χ1n) is 10.3. The van der Waals surface area contributed by atoms with Crippen molar-refractivity contribution >= 4 is 11.8 Å². The van der Waals surface area contributed by atoms with Gasteiger partial charge in [0, 0.05) is 37.8 Å². The van der Waals surface area contributed by atoms with Gasteiger partial charge in [0.05, 0.1) is 0 Å². The molecule has 1 aliphatic carbocycles. The van der Waals surface area contributed by atoms with E-state index in [0.717, 1.165) is 36.1 Å². The molecule has 2 fully saturated rings. The second-order valence-corrected chi connectivity index (χ2v) is 10.3. The predicted molar refractivity (Wildman–Crippen MR) is 113 cm³/mol. The number of amides is 2. The Bertz CT molecular complexity index is 789. The smallest absolute Gasteiger partial charge is 0.254 e. The van der Waals surface area contributed by atoms with Crippen molar-refractivity contribution in [1.82, 2.24) is 9.80 Å². The molecule has 0 spiro atoms. The van der Waals surface area contributed by atoms with Gasteiger partial charge in [-0.3, -0.25) is 9.59 Å². The first kappa shape index (κ1) is 20.6. The van der Waals surface area contributed by atoms with Crippen LogP contribution in [0.2, 0.25) is 0 Å². The Morgan fingerprint density at radius 2 is 1.79 bits per heavy atom. The molecule has 1 aromatic rings. The van der Waals surface area contributed by atoms with Crippen LogP contribution in [-0.4, -0.2) is 41.2 Å². The Labute approximate surface area is 169 Å². The summed E-state index contributed by atoms with van der Waals surface area (Å²) in [5.41, 5.74) is 3.32. The van der Waals surface area contributed by atoms with Crippen molar-refractivity contribution in [3.8, 4) is 0 Å². The highest BCUT2D eigenvalue weighted by atomic mass is 16.2. The van der Waals surface area contributed by atoms with E-state index in [1.54, 1.807) is 18.0 Å². The van der Waals surface area contributed by atoms with E-state index in [2.05, 4.69) is 25.7 Å². The average molecular weight is 383 g/mol. The SMILES string of the molecule is CC(C)=CC(=O)N(C)Cc1ccc(C(=O)N2CC3(C)C[C@H]2CC(C)(C)C3)cc1. The van der Waals surface area contributed by atoms with Crippen LogP contribution in [-0.2, 0) is 11.3 Å². The molecule has 4 nitrogen and oxygen atoms in total. The van der Waals surface area contributed by atoms with Gasteiger partial charge in [-0.1, -0.05) is 38.5 Å². The van der Waals surface area contributed by atoms with E-state index in [1.807, 2.05) is 38.1 Å². The first-order chi connectivity index (χ1) is 13.0. The maximum Gasteiger partial charge on any atom is 0.254 e. The zero-order valence-corrected chi connectivity index (χ0v) is 18.2. The quantitative estimate of drug-likeness (QED) is 0.711. The van der Waals surface area contributed by atoms with Gasteiger partial charge >= 0.3 is 0 Å². The molecule has 152 valence electrons. The molecular formula is C24H34N2O2. The van der Waals surface area contributed by atoms with Crippen molar-refractivity contribution < 1.29 is 9.59 Å². The predicted octanol–water partition coefficient (Wildman–Crippen LogP) is 4.65. The van der Waals surface area contributed by atoms with Crippen LogP contribution in [0, 0.1) is 10.8 Å². The largest absolute Gasteiger partial charge is 0.338 e. The molecule has 2 aliphatic rings. The molecule has 1 saturated carbocycles. The van der Waals surface area contributed by atoms with Crippen LogP contribution < -0.4 is 0 Å². The van der Waals surface area contributed by atoms with Gasteiger partial charge in [-0.2, -0.15) is 0 Å². The normalized spacial score (nSPS) is 25.4. The van der Waals surface area contributed by atoms with Gasteiger partial charge in [0.1, 0.15) is 0 Å². The van der Waals surface area contributed by atoms with Crippen molar-refractivity contribution in [3.63, 3.8) is 0 Å². The van der Waals surface area contributed by atoms with Gasteiger partial charge < -0.3 is 9.80 Å². The number of fused-ring (bicyclic) bond motifs is 2. The highest BCUT2D eigenvalue weighted by Gasteiger charge is 2.50. The van der Waals surface area contributed by atoms with Crippen LogP contribution in [0.5, 0.6) is 0 Å². The molecule has 3 rings (SSSR count). The zero-order chi connectivity index (χ0) is 20.7. The lowest BCUT2D eigenvalue weighted by atomic mass is 9.65. The monoisotopic (exact) mass is 382 g/mol. The van der Waals surface area contributed by atoms with E-state index in [1.165, 1.54) is 6.42 Å². The maximum absolute atomic E-state index is 13.2. The number of likely N-dealkylation sites (N-methyl/N-ethyl adjacent to an activating group) is 1. The molecule has 2 atom stereocenters. The lowest BCUT2D eigenvalue weighted by Crippen LogP contribution is -2.37. The average Bonchev–Trinajstić information content (AvgIpc) is 2.83. The lowest BCUT2D eigenvalue weighted by Gasteiger charge is -2.39. The third kappa shape index (κ3) is 4.48.